The summed E-state index contributed by atoms with van der Waals surface area (Å²) in [7, 11) is -3.67. The van der Waals surface area contributed by atoms with Crippen LogP contribution in [0.5, 0.6) is 0 Å². The number of nitrogens with zero attached hydrogens (tertiary/aromatic N) is 2. The van der Waals surface area contributed by atoms with Gasteiger partial charge in [0.1, 0.15) is 0 Å². The van der Waals surface area contributed by atoms with E-state index in [0.29, 0.717) is 32.0 Å². The summed E-state index contributed by atoms with van der Waals surface area (Å²) in [6, 6.07) is 12.7. The van der Waals surface area contributed by atoms with Crippen LogP contribution in [-0.2, 0) is 19.6 Å². The van der Waals surface area contributed by atoms with Crippen molar-refractivity contribution in [2.45, 2.75) is 24.2 Å². The molecule has 2 aliphatic rings. The Hall–Kier alpha value is -2.20. The first kappa shape index (κ1) is 23.9. The molecule has 2 heterocycles. The highest BCUT2D eigenvalue weighted by molar-refractivity contribution is 9.10. The molecule has 0 unspecified atom stereocenters. The van der Waals surface area contributed by atoms with Gasteiger partial charge in [-0.1, -0.05) is 28.1 Å². The molecular weight excluding hydrogens is 506 g/mol. The van der Waals surface area contributed by atoms with E-state index in [2.05, 4.69) is 26.1 Å². The van der Waals surface area contributed by atoms with Crippen LogP contribution in [0.4, 0.5) is 11.4 Å². The largest absolute Gasteiger partial charge is 0.379 e. The van der Waals surface area contributed by atoms with E-state index < -0.39 is 10.0 Å². The number of rotatable bonds is 6. The lowest BCUT2D eigenvalue weighted by molar-refractivity contribution is -0.111. The normalized spacial score (nSPS) is 17.9. The molecule has 2 aromatic carbocycles. The molecule has 33 heavy (non-hydrogen) atoms. The molecule has 0 aliphatic carbocycles. The van der Waals surface area contributed by atoms with Crippen molar-refractivity contribution in [3.63, 3.8) is 0 Å². The Labute approximate surface area is 203 Å². The smallest absolute Gasteiger partial charge is 0.248 e. The molecule has 2 saturated heterocycles. The van der Waals surface area contributed by atoms with E-state index in [9.17, 15) is 13.2 Å². The van der Waals surface area contributed by atoms with Gasteiger partial charge in [0, 0.05) is 36.7 Å². The third kappa shape index (κ3) is 6.03. The number of carbonyl (C=O) groups is 1. The molecule has 176 valence electrons. The van der Waals surface area contributed by atoms with Gasteiger partial charge in [-0.2, -0.15) is 4.31 Å². The molecule has 0 radical (unpaired) electrons. The molecule has 7 nitrogen and oxygen atoms in total. The van der Waals surface area contributed by atoms with Crippen molar-refractivity contribution >= 4 is 49.3 Å². The highest BCUT2D eigenvalue weighted by atomic mass is 79.9. The van der Waals surface area contributed by atoms with Gasteiger partial charge < -0.3 is 15.0 Å². The zero-order valence-corrected chi connectivity index (χ0v) is 20.8. The minimum atomic E-state index is -3.67. The average molecular weight is 534 g/mol. The zero-order valence-electron chi connectivity index (χ0n) is 18.4. The maximum atomic E-state index is 13.2. The fraction of sp³-hybridized carbons (Fsp3) is 0.375. The summed E-state index contributed by atoms with van der Waals surface area (Å²) in [5.41, 5.74) is 2.24. The molecule has 2 aliphatic heterocycles. The number of hydrogen-bond acceptors (Lipinski definition) is 5. The topological polar surface area (TPSA) is 79.0 Å². The SMILES string of the molecule is O=C(C=Cc1cccc(Br)c1)Nc1cc(S(=O)(=O)N2CCOCC2)ccc1N1CCCCC1. The van der Waals surface area contributed by atoms with Crippen LogP contribution in [0.1, 0.15) is 24.8 Å². The summed E-state index contributed by atoms with van der Waals surface area (Å²) >= 11 is 3.43. The standard InChI is InChI=1S/C24H28BrN3O4S/c25-20-6-4-5-19(17-20)7-10-24(29)26-22-18-21(33(30,31)28-13-15-32-16-14-28)8-9-23(22)27-11-2-1-3-12-27/h4-10,17-18H,1-3,11-16H2,(H,26,29). The highest BCUT2D eigenvalue weighted by Gasteiger charge is 2.28. The van der Waals surface area contributed by atoms with Crippen LogP contribution in [-0.4, -0.2) is 58.0 Å². The molecule has 0 atom stereocenters. The molecular formula is C24H28BrN3O4S. The number of nitrogens with one attached hydrogen (secondary N) is 1. The second-order valence-electron chi connectivity index (χ2n) is 8.12. The van der Waals surface area contributed by atoms with E-state index in [4.69, 9.17) is 4.74 Å². The summed E-state index contributed by atoms with van der Waals surface area (Å²) in [5, 5.41) is 2.92. The summed E-state index contributed by atoms with van der Waals surface area (Å²) in [6.45, 7) is 3.18. The van der Waals surface area contributed by atoms with Gasteiger partial charge >= 0.3 is 0 Å². The number of halogens is 1. The molecule has 4 rings (SSSR count). The zero-order chi connectivity index (χ0) is 23.3. The van der Waals surface area contributed by atoms with Crippen LogP contribution in [0, 0.1) is 0 Å². The van der Waals surface area contributed by atoms with Gasteiger partial charge in [0.2, 0.25) is 15.9 Å². The lowest BCUT2D eigenvalue weighted by atomic mass is 10.1. The lowest BCUT2D eigenvalue weighted by Gasteiger charge is -2.31. The highest BCUT2D eigenvalue weighted by Crippen LogP contribution is 2.32. The average Bonchev–Trinajstić information content (AvgIpc) is 2.84. The van der Waals surface area contributed by atoms with Crippen LogP contribution in [0.3, 0.4) is 0 Å². The molecule has 0 aromatic heterocycles. The summed E-state index contributed by atoms with van der Waals surface area (Å²) < 4.78 is 34.0. The summed E-state index contributed by atoms with van der Waals surface area (Å²) in [5.74, 6) is -0.311. The first-order chi connectivity index (χ1) is 15.9. The molecule has 2 aromatic rings. The lowest BCUT2D eigenvalue weighted by Crippen LogP contribution is -2.40. The van der Waals surface area contributed by atoms with Gasteiger partial charge in [0.25, 0.3) is 0 Å². The van der Waals surface area contributed by atoms with Gasteiger partial charge in [0.15, 0.2) is 0 Å². The number of benzene rings is 2. The minimum Gasteiger partial charge on any atom is -0.379 e. The number of ether oxygens (including phenoxy) is 1. The van der Waals surface area contributed by atoms with Gasteiger partial charge in [-0.25, -0.2) is 8.42 Å². The second kappa shape index (κ2) is 10.8. The van der Waals surface area contributed by atoms with Gasteiger partial charge in [0.05, 0.1) is 29.5 Å². The van der Waals surface area contributed by atoms with Crippen LogP contribution in [0.25, 0.3) is 6.08 Å². The van der Waals surface area contributed by atoms with Crippen LogP contribution in [0.2, 0.25) is 0 Å². The first-order valence-corrected chi connectivity index (χ1v) is 13.4. The third-order valence-corrected chi connectivity index (χ3v) is 8.19. The number of carbonyl (C=O) groups excluding carboxylic acids is 1. The molecule has 0 saturated carbocycles. The van der Waals surface area contributed by atoms with Gasteiger partial charge in [-0.15, -0.1) is 0 Å². The van der Waals surface area contributed by atoms with Crippen LogP contribution < -0.4 is 10.2 Å². The van der Waals surface area contributed by atoms with E-state index in [1.807, 2.05) is 30.3 Å². The second-order valence-corrected chi connectivity index (χ2v) is 11.0. The first-order valence-electron chi connectivity index (χ1n) is 11.1. The van der Waals surface area contributed by atoms with Crippen molar-refractivity contribution in [1.29, 1.82) is 0 Å². The predicted octanol–water partition coefficient (Wildman–Crippen LogP) is 4.11. The Morgan fingerprint density at radius 1 is 1.00 bits per heavy atom. The number of piperidine rings is 1. The Balaban J connectivity index is 1.61. The number of amides is 1. The van der Waals surface area contributed by atoms with Crippen molar-refractivity contribution in [3.05, 3.63) is 58.6 Å². The van der Waals surface area contributed by atoms with Crippen molar-refractivity contribution in [2.75, 3.05) is 49.6 Å². The molecule has 0 spiro atoms. The number of anilines is 2. The van der Waals surface area contributed by atoms with Crippen molar-refractivity contribution in [3.8, 4) is 0 Å². The minimum absolute atomic E-state index is 0.177. The van der Waals surface area contributed by atoms with Crippen molar-refractivity contribution < 1.29 is 17.9 Å². The maximum absolute atomic E-state index is 13.2. The number of hydrogen-bond donors (Lipinski definition) is 1. The van der Waals surface area contributed by atoms with Crippen molar-refractivity contribution in [1.82, 2.24) is 4.31 Å². The Morgan fingerprint density at radius 2 is 1.76 bits per heavy atom. The molecule has 9 heteroatoms. The Bertz CT molecular complexity index is 1120. The fourth-order valence-electron chi connectivity index (χ4n) is 4.08. The van der Waals surface area contributed by atoms with E-state index in [-0.39, 0.29) is 10.8 Å². The van der Waals surface area contributed by atoms with Crippen LogP contribution >= 0.6 is 15.9 Å². The monoisotopic (exact) mass is 533 g/mol. The molecule has 0 bridgehead atoms. The predicted molar refractivity (Wildman–Crippen MR) is 134 cm³/mol. The van der Waals surface area contributed by atoms with Crippen molar-refractivity contribution in [2.24, 2.45) is 0 Å². The van der Waals surface area contributed by atoms with Gasteiger partial charge in [-0.3, -0.25) is 4.79 Å². The summed E-state index contributed by atoms with van der Waals surface area (Å²) in [6.07, 6.45) is 6.52. The van der Waals surface area contributed by atoms with Gasteiger partial charge in [-0.05, 0) is 61.2 Å². The Kier molecular flexibility index (Phi) is 7.85. The Morgan fingerprint density at radius 3 is 2.48 bits per heavy atom. The summed E-state index contributed by atoms with van der Waals surface area (Å²) in [4.78, 5) is 15.2. The fourth-order valence-corrected chi connectivity index (χ4v) is 5.93. The molecule has 2 fully saturated rings. The molecule has 1 N–H and O–H groups in total. The third-order valence-electron chi connectivity index (χ3n) is 5.81. The van der Waals surface area contributed by atoms with E-state index in [1.54, 1.807) is 18.2 Å². The number of sulfonamides is 1. The van der Waals surface area contributed by atoms with E-state index in [0.717, 1.165) is 41.7 Å². The van der Waals surface area contributed by atoms with Crippen LogP contribution in [0.15, 0.2) is 57.9 Å². The number of morpholine rings is 1. The maximum Gasteiger partial charge on any atom is 0.248 e. The van der Waals surface area contributed by atoms with E-state index >= 15 is 0 Å². The molecule has 1 amide bonds. The quantitative estimate of drug-likeness (QED) is 0.565. The van der Waals surface area contributed by atoms with E-state index in [1.165, 1.54) is 16.8 Å².